The van der Waals surface area contributed by atoms with Crippen molar-refractivity contribution in [3.05, 3.63) is 49.9 Å². The second kappa shape index (κ2) is 7.65. The third-order valence-electron chi connectivity index (χ3n) is 4.43. The van der Waals surface area contributed by atoms with Crippen molar-refractivity contribution in [1.82, 2.24) is 4.98 Å². The van der Waals surface area contributed by atoms with Gasteiger partial charge in [-0.15, -0.1) is 11.3 Å². The summed E-state index contributed by atoms with van der Waals surface area (Å²) in [5.41, 5.74) is 1.95. The first-order chi connectivity index (χ1) is 13.7. The summed E-state index contributed by atoms with van der Waals surface area (Å²) in [6, 6.07) is 6.95. The Bertz CT molecular complexity index is 1160. The maximum Gasteiger partial charge on any atom is 0.307 e. The van der Waals surface area contributed by atoms with Crippen LogP contribution in [0.15, 0.2) is 24.3 Å². The van der Waals surface area contributed by atoms with Crippen molar-refractivity contribution in [1.29, 1.82) is 0 Å². The Morgan fingerprint density at radius 3 is 2.76 bits per heavy atom. The Morgan fingerprint density at radius 2 is 2.03 bits per heavy atom. The number of thiazole rings is 1. The molecule has 3 aromatic rings. The highest BCUT2D eigenvalue weighted by Gasteiger charge is 2.36. The van der Waals surface area contributed by atoms with Crippen LogP contribution in [0, 0.1) is 6.92 Å². The minimum Gasteiger partial charge on any atom is -0.481 e. The summed E-state index contributed by atoms with van der Waals surface area (Å²) in [5.74, 6) is -1.11. The molecule has 1 unspecified atom stereocenters. The molecule has 29 heavy (non-hydrogen) atoms. The number of halogens is 3. The van der Waals surface area contributed by atoms with Crippen LogP contribution < -0.4 is 9.64 Å². The standard InChI is InChI=1S/C19H13Cl3N2O4S/c1-8-2-3-11-12(4-8)28-13(6-15(25)26)19(27)24(11)7-14-23-17-16(22)9(20)5-10(21)18(17)29-14/h2-5,13H,6-7H2,1H3,(H,25,26). The van der Waals surface area contributed by atoms with E-state index in [9.17, 15) is 9.59 Å². The van der Waals surface area contributed by atoms with Gasteiger partial charge >= 0.3 is 5.97 Å². The van der Waals surface area contributed by atoms with Gasteiger partial charge in [-0.25, -0.2) is 4.98 Å². The zero-order valence-corrected chi connectivity index (χ0v) is 18.0. The number of aliphatic carboxylic acids is 1. The number of anilines is 1. The molecule has 1 aliphatic rings. The van der Waals surface area contributed by atoms with Crippen LogP contribution in [0.3, 0.4) is 0 Å². The Balaban J connectivity index is 1.76. The molecule has 1 aromatic heterocycles. The fourth-order valence-electron chi connectivity index (χ4n) is 3.12. The van der Waals surface area contributed by atoms with E-state index in [0.29, 0.717) is 41.7 Å². The second-order valence-corrected chi connectivity index (χ2v) is 8.82. The molecule has 2 aromatic carbocycles. The van der Waals surface area contributed by atoms with Crippen molar-refractivity contribution in [2.24, 2.45) is 0 Å². The zero-order valence-electron chi connectivity index (χ0n) is 14.9. The lowest BCUT2D eigenvalue weighted by molar-refractivity contribution is -0.142. The summed E-state index contributed by atoms with van der Waals surface area (Å²) in [4.78, 5) is 30.1. The van der Waals surface area contributed by atoms with E-state index in [0.717, 1.165) is 5.56 Å². The number of carboxylic acids is 1. The number of aryl methyl sites for hydroxylation is 1. The second-order valence-electron chi connectivity index (χ2n) is 6.54. The van der Waals surface area contributed by atoms with E-state index in [1.807, 2.05) is 13.0 Å². The van der Waals surface area contributed by atoms with E-state index in [1.165, 1.54) is 16.2 Å². The van der Waals surface area contributed by atoms with Crippen LogP contribution in [0.25, 0.3) is 10.2 Å². The number of rotatable bonds is 4. The molecule has 0 bridgehead atoms. The largest absolute Gasteiger partial charge is 0.481 e. The molecule has 0 spiro atoms. The maximum absolute atomic E-state index is 13.0. The summed E-state index contributed by atoms with van der Waals surface area (Å²) in [7, 11) is 0. The van der Waals surface area contributed by atoms with Crippen LogP contribution in [0.2, 0.25) is 15.1 Å². The van der Waals surface area contributed by atoms with E-state index < -0.39 is 24.4 Å². The zero-order chi connectivity index (χ0) is 20.9. The van der Waals surface area contributed by atoms with Gasteiger partial charge in [-0.05, 0) is 30.7 Å². The lowest BCUT2D eigenvalue weighted by Crippen LogP contribution is -2.46. The van der Waals surface area contributed by atoms with Crippen molar-refractivity contribution in [2.75, 3.05) is 4.90 Å². The van der Waals surface area contributed by atoms with Gasteiger partial charge in [0.05, 0.1) is 38.4 Å². The third-order valence-corrected chi connectivity index (χ3v) is 6.69. The van der Waals surface area contributed by atoms with Crippen LogP contribution >= 0.6 is 46.1 Å². The van der Waals surface area contributed by atoms with E-state index in [2.05, 4.69) is 4.98 Å². The molecule has 2 heterocycles. The Labute approximate surface area is 184 Å². The molecule has 1 aliphatic heterocycles. The Kier molecular flexibility index (Phi) is 5.33. The number of fused-ring (bicyclic) bond motifs is 2. The van der Waals surface area contributed by atoms with Gasteiger partial charge in [0.15, 0.2) is 6.10 Å². The van der Waals surface area contributed by atoms with Crippen LogP contribution in [-0.4, -0.2) is 28.1 Å². The van der Waals surface area contributed by atoms with Crippen LogP contribution in [0.1, 0.15) is 17.0 Å². The van der Waals surface area contributed by atoms with Crippen molar-refractivity contribution < 1.29 is 19.4 Å². The van der Waals surface area contributed by atoms with Crippen LogP contribution in [0.4, 0.5) is 5.69 Å². The van der Waals surface area contributed by atoms with Gasteiger partial charge in [0.2, 0.25) is 0 Å². The van der Waals surface area contributed by atoms with Gasteiger partial charge in [-0.3, -0.25) is 14.5 Å². The van der Waals surface area contributed by atoms with Gasteiger partial charge in [0, 0.05) is 0 Å². The first-order valence-corrected chi connectivity index (χ1v) is 10.4. The number of hydrogen-bond acceptors (Lipinski definition) is 5. The molecule has 0 saturated heterocycles. The Hall–Kier alpha value is -2.06. The lowest BCUT2D eigenvalue weighted by Gasteiger charge is -2.33. The van der Waals surface area contributed by atoms with E-state index in [1.54, 1.807) is 18.2 Å². The smallest absolute Gasteiger partial charge is 0.307 e. The quantitative estimate of drug-likeness (QED) is 0.520. The number of carboxylic acid groups (broad SMARTS) is 1. The summed E-state index contributed by atoms with van der Waals surface area (Å²) in [5, 5.41) is 10.7. The number of carbonyl (C=O) groups excluding carboxylic acids is 1. The lowest BCUT2D eigenvalue weighted by atomic mass is 10.1. The SMILES string of the molecule is Cc1ccc2c(c1)OC(CC(=O)O)C(=O)N2Cc1nc2c(Cl)c(Cl)cc(Cl)c2s1. The predicted octanol–water partition coefficient (Wildman–Crippen LogP) is 5.33. The number of amides is 1. The number of aromatic nitrogens is 1. The van der Waals surface area contributed by atoms with E-state index in [4.69, 9.17) is 44.6 Å². The van der Waals surface area contributed by atoms with E-state index >= 15 is 0 Å². The van der Waals surface area contributed by atoms with Crippen molar-refractivity contribution in [3.63, 3.8) is 0 Å². The number of benzene rings is 2. The van der Waals surface area contributed by atoms with Gasteiger partial charge in [-0.1, -0.05) is 40.9 Å². The molecule has 0 radical (unpaired) electrons. The van der Waals surface area contributed by atoms with Crippen molar-refractivity contribution >= 4 is 73.9 Å². The number of ether oxygens (including phenoxy) is 1. The van der Waals surface area contributed by atoms with E-state index in [-0.39, 0.29) is 6.54 Å². The maximum atomic E-state index is 13.0. The normalized spacial score (nSPS) is 16.1. The van der Waals surface area contributed by atoms with Crippen molar-refractivity contribution in [3.8, 4) is 5.75 Å². The molecule has 1 amide bonds. The Morgan fingerprint density at radius 1 is 1.28 bits per heavy atom. The average molecular weight is 472 g/mol. The number of carbonyl (C=O) groups is 2. The van der Waals surface area contributed by atoms with Crippen LogP contribution in [0.5, 0.6) is 5.75 Å². The fraction of sp³-hybridized carbons (Fsp3) is 0.211. The predicted molar refractivity (Wildman–Crippen MR) is 114 cm³/mol. The number of nitrogens with zero attached hydrogens (tertiary/aromatic N) is 2. The summed E-state index contributed by atoms with van der Waals surface area (Å²) >= 11 is 19.9. The van der Waals surface area contributed by atoms with Crippen molar-refractivity contribution in [2.45, 2.75) is 26.0 Å². The summed E-state index contributed by atoms with van der Waals surface area (Å²) in [6.45, 7) is 2.01. The minimum absolute atomic E-state index is 0.123. The molecule has 10 heteroatoms. The first kappa shape index (κ1) is 20.2. The first-order valence-electron chi connectivity index (χ1n) is 8.48. The topological polar surface area (TPSA) is 79.7 Å². The molecule has 0 aliphatic carbocycles. The minimum atomic E-state index is -1.12. The molecule has 0 saturated carbocycles. The highest BCUT2D eigenvalue weighted by Crippen LogP contribution is 2.41. The molecular weight excluding hydrogens is 459 g/mol. The molecule has 0 fully saturated rings. The molecular formula is C19H13Cl3N2O4S. The van der Waals surface area contributed by atoms with Gasteiger partial charge in [0.1, 0.15) is 16.3 Å². The molecule has 6 nitrogen and oxygen atoms in total. The molecule has 1 atom stereocenters. The molecule has 150 valence electrons. The van der Waals surface area contributed by atoms with Gasteiger partial charge < -0.3 is 9.84 Å². The number of hydrogen-bond donors (Lipinski definition) is 1. The highest BCUT2D eigenvalue weighted by atomic mass is 35.5. The fourth-order valence-corrected chi connectivity index (χ4v) is 4.90. The van der Waals surface area contributed by atoms with Gasteiger partial charge in [0.25, 0.3) is 5.91 Å². The summed E-state index contributed by atoms with van der Waals surface area (Å²) < 4.78 is 6.34. The van der Waals surface area contributed by atoms with Gasteiger partial charge in [-0.2, -0.15) is 0 Å². The molecule has 4 rings (SSSR count). The molecule has 1 N–H and O–H groups in total. The van der Waals surface area contributed by atoms with Crippen LogP contribution in [-0.2, 0) is 16.1 Å². The third kappa shape index (κ3) is 3.75. The average Bonchev–Trinajstić information content (AvgIpc) is 3.07. The highest BCUT2D eigenvalue weighted by molar-refractivity contribution is 7.19. The monoisotopic (exact) mass is 470 g/mol. The summed E-state index contributed by atoms with van der Waals surface area (Å²) in [6.07, 6.45) is -1.55.